The average Bonchev–Trinajstić information content (AvgIpc) is 2.64. The van der Waals surface area contributed by atoms with Crippen LogP contribution in [0.2, 0.25) is 0 Å². The Hall–Kier alpha value is -3.54. The first-order valence-electron chi connectivity index (χ1n) is 7.97. The lowest BCUT2D eigenvalue weighted by atomic mass is 10.1. The standard InChI is InChI=1S/C20H16FN3O2/c21-16-8-10-17(11-9-16)23-19(25)12-20(26)24-22-13-15-6-3-5-14-4-1-2-7-18(14)15/h1-11,13H,12H2,(H,23,25)(H,24,26). The molecule has 5 nitrogen and oxygen atoms in total. The summed E-state index contributed by atoms with van der Waals surface area (Å²) in [4.78, 5) is 23.6. The molecule has 2 amide bonds. The third-order valence-electron chi connectivity index (χ3n) is 3.67. The molecule has 2 N–H and O–H groups in total. The van der Waals surface area contributed by atoms with Gasteiger partial charge in [0.05, 0.1) is 6.21 Å². The number of nitrogens with zero attached hydrogens (tertiary/aromatic N) is 1. The van der Waals surface area contributed by atoms with Gasteiger partial charge < -0.3 is 5.32 Å². The van der Waals surface area contributed by atoms with Crippen LogP contribution in [-0.4, -0.2) is 18.0 Å². The molecule has 0 aromatic heterocycles. The number of carbonyl (C=O) groups excluding carboxylic acids is 2. The van der Waals surface area contributed by atoms with Crippen LogP contribution >= 0.6 is 0 Å². The molecular formula is C20H16FN3O2. The number of amides is 2. The van der Waals surface area contributed by atoms with Crippen LogP contribution in [0, 0.1) is 5.82 Å². The monoisotopic (exact) mass is 349 g/mol. The summed E-state index contributed by atoms with van der Waals surface area (Å²) < 4.78 is 12.8. The van der Waals surface area contributed by atoms with Gasteiger partial charge in [0.2, 0.25) is 11.8 Å². The third-order valence-corrected chi connectivity index (χ3v) is 3.67. The number of benzene rings is 3. The van der Waals surface area contributed by atoms with Gasteiger partial charge in [-0.25, -0.2) is 9.82 Å². The first-order valence-corrected chi connectivity index (χ1v) is 7.97. The van der Waals surface area contributed by atoms with Crippen molar-refractivity contribution in [3.8, 4) is 0 Å². The Balaban J connectivity index is 1.55. The van der Waals surface area contributed by atoms with E-state index in [1.165, 1.54) is 30.5 Å². The summed E-state index contributed by atoms with van der Waals surface area (Å²) in [6, 6.07) is 18.9. The van der Waals surface area contributed by atoms with Crippen molar-refractivity contribution in [2.24, 2.45) is 5.10 Å². The molecule has 0 unspecified atom stereocenters. The van der Waals surface area contributed by atoms with Gasteiger partial charge >= 0.3 is 0 Å². The Kier molecular flexibility index (Phi) is 5.34. The lowest BCUT2D eigenvalue weighted by Gasteiger charge is -2.04. The maximum atomic E-state index is 12.8. The second kappa shape index (κ2) is 8.02. The van der Waals surface area contributed by atoms with Crippen LogP contribution in [0.15, 0.2) is 71.8 Å². The Labute approximate surface area is 149 Å². The smallest absolute Gasteiger partial charge is 0.249 e. The minimum atomic E-state index is -0.541. The summed E-state index contributed by atoms with van der Waals surface area (Å²) in [5.74, 6) is -1.45. The molecular weight excluding hydrogens is 333 g/mol. The van der Waals surface area contributed by atoms with Gasteiger partial charge in [-0.15, -0.1) is 0 Å². The second-order valence-corrected chi connectivity index (χ2v) is 5.59. The quantitative estimate of drug-likeness (QED) is 0.421. The van der Waals surface area contributed by atoms with E-state index in [2.05, 4.69) is 15.8 Å². The van der Waals surface area contributed by atoms with E-state index in [0.29, 0.717) is 5.69 Å². The number of anilines is 1. The number of nitrogens with one attached hydrogen (secondary N) is 2. The predicted molar refractivity (Wildman–Crippen MR) is 99.3 cm³/mol. The van der Waals surface area contributed by atoms with Gasteiger partial charge in [-0.2, -0.15) is 5.10 Å². The van der Waals surface area contributed by atoms with Gasteiger partial charge in [-0.1, -0.05) is 42.5 Å². The Morgan fingerprint density at radius 2 is 1.65 bits per heavy atom. The van der Waals surface area contributed by atoms with E-state index >= 15 is 0 Å². The summed E-state index contributed by atoms with van der Waals surface area (Å²) in [7, 11) is 0. The van der Waals surface area contributed by atoms with Gasteiger partial charge in [0.25, 0.3) is 0 Å². The van der Waals surface area contributed by atoms with Crippen molar-refractivity contribution in [2.75, 3.05) is 5.32 Å². The van der Waals surface area contributed by atoms with Crippen LogP contribution in [0.3, 0.4) is 0 Å². The van der Waals surface area contributed by atoms with E-state index in [1.807, 2.05) is 42.5 Å². The number of hydrazone groups is 1. The van der Waals surface area contributed by atoms with Crippen LogP contribution in [-0.2, 0) is 9.59 Å². The maximum Gasteiger partial charge on any atom is 0.249 e. The highest BCUT2D eigenvalue weighted by Crippen LogP contribution is 2.16. The molecule has 0 atom stereocenters. The van der Waals surface area contributed by atoms with Crippen LogP contribution in [0.4, 0.5) is 10.1 Å². The zero-order chi connectivity index (χ0) is 18.4. The second-order valence-electron chi connectivity index (χ2n) is 5.59. The van der Waals surface area contributed by atoms with Crippen molar-refractivity contribution < 1.29 is 14.0 Å². The maximum absolute atomic E-state index is 12.8. The summed E-state index contributed by atoms with van der Waals surface area (Å²) in [5, 5.41) is 8.51. The van der Waals surface area contributed by atoms with Crippen molar-refractivity contribution in [3.05, 3.63) is 78.1 Å². The van der Waals surface area contributed by atoms with Crippen LogP contribution in [0.5, 0.6) is 0 Å². The van der Waals surface area contributed by atoms with E-state index in [9.17, 15) is 14.0 Å². The third kappa shape index (κ3) is 4.51. The van der Waals surface area contributed by atoms with Gasteiger partial charge in [-0.3, -0.25) is 9.59 Å². The Morgan fingerprint density at radius 3 is 2.46 bits per heavy atom. The van der Waals surface area contributed by atoms with E-state index in [0.717, 1.165) is 16.3 Å². The number of carbonyl (C=O) groups is 2. The highest BCUT2D eigenvalue weighted by molar-refractivity contribution is 6.04. The highest BCUT2D eigenvalue weighted by Gasteiger charge is 2.09. The molecule has 3 aromatic rings. The molecule has 0 saturated heterocycles. The van der Waals surface area contributed by atoms with Crippen molar-refractivity contribution in [1.82, 2.24) is 5.43 Å². The van der Waals surface area contributed by atoms with Crippen molar-refractivity contribution >= 4 is 34.5 Å². The molecule has 0 bridgehead atoms. The number of hydrogen-bond acceptors (Lipinski definition) is 3. The highest BCUT2D eigenvalue weighted by atomic mass is 19.1. The zero-order valence-electron chi connectivity index (χ0n) is 13.8. The molecule has 3 rings (SSSR count). The molecule has 130 valence electrons. The number of fused-ring (bicyclic) bond motifs is 1. The molecule has 26 heavy (non-hydrogen) atoms. The molecule has 0 spiro atoms. The first-order chi connectivity index (χ1) is 12.6. The topological polar surface area (TPSA) is 70.6 Å². The van der Waals surface area contributed by atoms with Gasteiger partial charge in [-0.05, 0) is 35.0 Å². The minimum Gasteiger partial charge on any atom is -0.326 e. The van der Waals surface area contributed by atoms with E-state index in [1.54, 1.807) is 0 Å². The SMILES string of the molecule is O=C(CC(=O)Nc1ccc(F)cc1)NN=Cc1cccc2ccccc12. The molecule has 0 aliphatic rings. The van der Waals surface area contributed by atoms with Crippen molar-refractivity contribution in [2.45, 2.75) is 6.42 Å². The normalized spacial score (nSPS) is 10.8. The summed E-state index contributed by atoms with van der Waals surface area (Å²) in [6.45, 7) is 0. The fourth-order valence-electron chi connectivity index (χ4n) is 2.46. The van der Waals surface area contributed by atoms with Crippen LogP contribution in [0.1, 0.15) is 12.0 Å². The fourth-order valence-corrected chi connectivity index (χ4v) is 2.46. The van der Waals surface area contributed by atoms with Gasteiger partial charge in [0, 0.05) is 11.3 Å². The Bertz CT molecular complexity index is 963. The van der Waals surface area contributed by atoms with Crippen molar-refractivity contribution in [1.29, 1.82) is 0 Å². The summed E-state index contributed by atoms with van der Waals surface area (Å²) in [5.41, 5.74) is 3.61. The fraction of sp³-hybridized carbons (Fsp3) is 0.0500. The molecule has 6 heteroatoms. The molecule has 3 aromatic carbocycles. The Morgan fingerprint density at radius 1 is 0.923 bits per heavy atom. The molecule has 0 heterocycles. The summed E-state index contributed by atoms with van der Waals surface area (Å²) >= 11 is 0. The number of hydrogen-bond donors (Lipinski definition) is 2. The number of halogens is 1. The van der Waals surface area contributed by atoms with Gasteiger partial charge in [0.1, 0.15) is 12.2 Å². The van der Waals surface area contributed by atoms with E-state index in [-0.39, 0.29) is 6.42 Å². The lowest BCUT2D eigenvalue weighted by Crippen LogP contribution is -2.24. The molecule has 0 aliphatic carbocycles. The molecule has 0 saturated carbocycles. The summed E-state index contributed by atoms with van der Waals surface area (Å²) in [6.07, 6.45) is 1.16. The van der Waals surface area contributed by atoms with Crippen LogP contribution in [0.25, 0.3) is 10.8 Å². The molecule has 0 fully saturated rings. The zero-order valence-corrected chi connectivity index (χ0v) is 13.8. The predicted octanol–water partition coefficient (Wildman–Crippen LogP) is 3.46. The largest absolute Gasteiger partial charge is 0.326 e. The first kappa shape index (κ1) is 17.3. The lowest BCUT2D eigenvalue weighted by molar-refractivity contribution is -0.126. The van der Waals surface area contributed by atoms with Crippen LogP contribution < -0.4 is 10.7 Å². The molecule has 0 radical (unpaired) electrons. The van der Waals surface area contributed by atoms with E-state index < -0.39 is 17.6 Å². The molecule has 0 aliphatic heterocycles. The number of rotatable bonds is 5. The van der Waals surface area contributed by atoms with Crippen molar-refractivity contribution in [3.63, 3.8) is 0 Å². The minimum absolute atomic E-state index is 0.385. The van der Waals surface area contributed by atoms with E-state index in [4.69, 9.17) is 0 Å². The van der Waals surface area contributed by atoms with Gasteiger partial charge in [0.15, 0.2) is 0 Å². The average molecular weight is 349 g/mol.